The number of benzene rings is 1. The van der Waals surface area contributed by atoms with E-state index < -0.39 is 5.60 Å². The van der Waals surface area contributed by atoms with Crippen LogP contribution in [0.2, 0.25) is 0 Å². The molecule has 2 saturated carbocycles. The normalized spacial score (nSPS) is 34.2. The van der Waals surface area contributed by atoms with Gasteiger partial charge in [0.15, 0.2) is 0 Å². The molecule has 2 unspecified atom stereocenters. The highest BCUT2D eigenvalue weighted by molar-refractivity contribution is 5.35. The third kappa shape index (κ3) is 2.74. The molecular weight excluding hydrogens is 281 g/mol. The first kappa shape index (κ1) is 15.8. The van der Waals surface area contributed by atoms with Gasteiger partial charge >= 0.3 is 0 Å². The van der Waals surface area contributed by atoms with Gasteiger partial charge in [0.25, 0.3) is 0 Å². The summed E-state index contributed by atoms with van der Waals surface area (Å²) < 4.78 is 19.1. The second kappa shape index (κ2) is 5.82. The van der Waals surface area contributed by atoms with E-state index in [0.29, 0.717) is 23.1 Å². The molecule has 1 N–H and O–H groups in total. The highest BCUT2D eigenvalue weighted by Gasteiger charge is 2.51. The van der Waals surface area contributed by atoms with Crippen LogP contribution in [0.5, 0.6) is 5.75 Å². The van der Waals surface area contributed by atoms with Gasteiger partial charge in [-0.15, -0.1) is 0 Å². The van der Waals surface area contributed by atoms with Crippen LogP contribution in [0, 0.1) is 23.6 Å². The number of aliphatic hydroxyl groups is 1. The molecule has 0 amide bonds. The minimum atomic E-state index is -0.955. The topological polar surface area (TPSA) is 32.7 Å². The van der Waals surface area contributed by atoms with Gasteiger partial charge in [0.05, 0.1) is 12.7 Å². The van der Waals surface area contributed by atoms with Crippen molar-refractivity contribution in [3.8, 4) is 5.75 Å². The molecule has 2 aliphatic carbocycles. The Bertz CT molecular complexity index is 548. The zero-order chi connectivity index (χ0) is 15.9. The van der Waals surface area contributed by atoms with Gasteiger partial charge in [-0.3, -0.25) is 0 Å². The zero-order valence-corrected chi connectivity index (χ0v) is 13.7. The molecule has 1 aromatic rings. The Morgan fingerprint density at radius 2 is 2.09 bits per heavy atom. The maximum absolute atomic E-state index is 13.9. The van der Waals surface area contributed by atoms with Gasteiger partial charge in [0, 0.05) is 18.5 Å². The molecule has 4 atom stereocenters. The lowest BCUT2D eigenvalue weighted by molar-refractivity contribution is -0.0893. The molecule has 0 radical (unpaired) electrons. The summed E-state index contributed by atoms with van der Waals surface area (Å²) in [6.45, 7) is 0.826. The van der Waals surface area contributed by atoms with E-state index in [2.05, 4.69) is 4.90 Å². The minimum absolute atomic E-state index is 0.146. The van der Waals surface area contributed by atoms with Crippen LogP contribution in [0.25, 0.3) is 0 Å². The zero-order valence-electron chi connectivity index (χ0n) is 13.7. The molecule has 22 heavy (non-hydrogen) atoms. The number of nitrogens with zero attached hydrogens (tertiary/aromatic N) is 1. The van der Waals surface area contributed by atoms with E-state index in [9.17, 15) is 9.50 Å². The molecule has 0 aromatic heterocycles. The number of hydrogen-bond donors (Lipinski definition) is 1. The van der Waals surface area contributed by atoms with Crippen LogP contribution in [0.1, 0.15) is 31.2 Å². The van der Waals surface area contributed by atoms with Crippen molar-refractivity contribution in [2.24, 2.45) is 17.8 Å². The van der Waals surface area contributed by atoms with Crippen molar-refractivity contribution in [1.82, 2.24) is 4.90 Å². The van der Waals surface area contributed by atoms with E-state index in [-0.39, 0.29) is 11.7 Å². The molecule has 1 aromatic carbocycles. The molecule has 3 rings (SSSR count). The molecule has 2 fully saturated rings. The van der Waals surface area contributed by atoms with Gasteiger partial charge < -0.3 is 14.7 Å². The lowest BCUT2D eigenvalue weighted by Gasteiger charge is -2.45. The van der Waals surface area contributed by atoms with Gasteiger partial charge in [0.2, 0.25) is 0 Å². The monoisotopic (exact) mass is 307 g/mol. The van der Waals surface area contributed by atoms with Crippen molar-refractivity contribution in [3.63, 3.8) is 0 Å². The van der Waals surface area contributed by atoms with Crippen LogP contribution in [0.3, 0.4) is 0 Å². The molecule has 0 saturated heterocycles. The first-order chi connectivity index (χ1) is 10.4. The summed E-state index contributed by atoms with van der Waals surface area (Å²) in [5.41, 5.74) is -0.281. The van der Waals surface area contributed by atoms with Crippen LogP contribution in [0.4, 0.5) is 4.39 Å². The summed E-state index contributed by atoms with van der Waals surface area (Å²) in [5.74, 6) is 1.37. The highest BCUT2D eigenvalue weighted by atomic mass is 19.1. The standard InChI is InChI=1S/C18H26FNO2/c1-20(2)11-17-13-5-4-12(6-13)10-18(17,21)14-7-15(19)9-16(8-14)22-3/h7-9,12-13,17,21H,4-6,10-11H2,1-3H3/t12?,13?,17-,18-/m0/s1. The van der Waals surface area contributed by atoms with E-state index in [0.717, 1.165) is 13.0 Å². The quantitative estimate of drug-likeness (QED) is 0.928. The number of halogens is 1. The molecule has 3 nitrogen and oxygen atoms in total. The maximum atomic E-state index is 13.9. The van der Waals surface area contributed by atoms with E-state index in [4.69, 9.17) is 4.74 Å². The first-order valence-corrected chi connectivity index (χ1v) is 8.14. The Hall–Kier alpha value is -1.13. The summed E-state index contributed by atoms with van der Waals surface area (Å²) >= 11 is 0. The highest BCUT2D eigenvalue weighted by Crippen LogP contribution is 2.54. The second-order valence-corrected chi connectivity index (χ2v) is 7.32. The van der Waals surface area contributed by atoms with Gasteiger partial charge in [-0.1, -0.05) is 6.42 Å². The summed E-state index contributed by atoms with van der Waals surface area (Å²) in [5, 5.41) is 11.5. The summed E-state index contributed by atoms with van der Waals surface area (Å²) in [4.78, 5) is 2.13. The van der Waals surface area contributed by atoms with Gasteiger partial charge in [0.1, 0.15) is 11.6 Å². The minimum Gasteiger partial charge on any atom is -0.497 e. The van der Waals surface area contributed by atoms with Crippen molar-refractivity contribution in [3.05, 3.63) is 29.6 Å². The predicted molar refractivity (Wildman–Crippen MR) is 84.3 cm³/mol. The average Bonchev–Trinajstić information content (AvgIpc) is 2.86. The second-order valence-electron chi connectivity index (χ2n) is 7.32. The number of fused-ring (bicyclic) bond motifs is 2. The Morgan fingerprint density at radius 1 is 1.32 bits per heavy atom. The molecule has 0 heterocycles. The SMILES string of the molecule is COc1cc(F)cc([C@@]2(O)CC3CCC(C3)[C@@H]2CN(C)C)c1. The average molecular weight is 307 g/mol. The van der Waals surface area contributed by atoms with Crippen molar-refractivity contribution in [1.29, 1.82) is 0 Å². The van der Waals surface area contributed by atoms with Crippen LogP contribution in [-0.2, 0) is 5.60 Å². The Labute approximate surface area is 132 Å². The number of hydrogen-bond acceptors (Lipinski definition) is 3. The molecule has 0 spiro atoms. The van der Waals surface area contributed by atoms with Gasteiger partial charge in [-0.05, 0) is 62.9 Å². The molecule has 0 aliphatic heterocycles. The van der Waals surface area contributed by atoms with Crippen molar-refractivity contribution >= 4 is 0 Å². The number of methoxy groups -OCH3 is 1. The molecule has 2 aliphatic rings. The predicted octanol–water partition coefficient (Wildman–Crippen LogP) is 3.02. The summed E-state index contributed by atoms with van der Waals surface area (Å²) in [7, 11) is 5.60. The van der Waals surface area contributed by atoms with E-state index in [1.165, 1.54) is 38.5 Å². The summed E-state index contributed by atoms with van der Waals surface area (Å²) in [6, 6.07) is 4.65. The maximum Gasteiger partial charge on any atom is 0.127 e. The summed E-state index contributed by atoms with van der Waals surface area (Å²) in [6.07, 6.45) is 4.29. The first-order valence-electron chi connectivity index (χ1n) is 8.14. The van der Waals surface area contributed by atoms with E-state index in [1.54, 1.807) is 6.07 Å². The Kier molecular flexibility index (Phi) is 4.17. The van der Waals surface area contributed by atoms with Gasteiger partial charge in [-0.25, -0.2) is 4.39 Å². The molecule has 2 bridgehead atoms. The fraction of sp³-hybridized carbons (Fsp3) is 0.667. The fourth-order valence-electron chi connectivity index (χ4n) is 4.60. The molecular formula is C18H26FNO2. The Morgan fingerprint density at radius 3 is 2.77 bits per heavy atom. The van der Waals surface area contributed by atoms with Crippen LogP contribution in [-0.4, -0.2) is 37.8 Å². The fourth-order valence-corrected chi connectivity index (χ4v) is 4.60. The Balaban J connectivity index is 2.02. The van der Waals surface area contributed by atoms with E-state index >= 15 is 0 Å². The third-order valence-electron chi connectivity index (χ3n) is 5.53. The molecule has 4 heteroatoms. The third-order valence-corrected chi connectivity index (χ3v) is 5.53. The number of ether oxygens (including phenoxy) is 1. The van der Waals surface area contributed by atoms with E-state index in [1.807, 2.05) is 14.1 Å². The number of rotatable bonds is 4. The lowest BCUT2D eigenvalue weighted by Crippen LogP contribution is -2.47. The van der Waals surface area contributed by atoms with Crippen LogP contribution >= 0.6 is 0 Å². The van der Waals surface area contributed by atoms with Crippen molar-refractivity contribution in [2.75, 3.05) is 27.7 Å². The van der Waals surface area contributed by atoms with Crippen molar-refractivity contribution < 1.29 is 14.2 Å². The van der Waals surface area contributed by atoms with Gasteiger partial charge in [-0.2, -0.15) is 0 Å². The van der Waals surface area contributed by atoms with Crippen molar-refractivity contribution in [2.45, 2.75) is 31.3 Å². The largest absolute Gasteiger partial charge is 0.497 e. The lowest BCUT2D eigenvalue weighted by atomic mass is 9.66. The van der Waals surface area contributed by atoms with Crippen LogP contribution in [0.15, 0.2) is 18.2 Å². The van der Waals surface area contributed by atoms with Crippen LogP contribution < -0.4 is 4.74 Å². The smallest absolute Gasteiger partial charge is 0.127 e. The molecule has 122 valence electrons.